The molecule has 0 radical (unpaired) electrons. The third-order valence-corrected chi connectivity index (χ3v) is 7.91. The van der Waals surface area contributed by atoms with Gasteiger partial charge in [-0.2, -0.15) is 0 Å². The lowest BCUT2D eigenvalue weighted by Crippen LogP contribution is -2.59. The zero-order valence-corrected chi connectivity index (χ0v) is 20.4. The van der Waals surface area contributed by atoms with Crippen LogP contribution in [0.3, 0.4) is 0 Å². The van der Waals surface area contributed by atoms with Crippen molar-refractivity contribution in [3.05, 3.63) is 12.2 Å². The molecule has 0 bridgehead atoms. The Bertz CT molecular complexity index is 923. The standard InChI is InChI=1S/C25H37N5O4/c1-6-25(4,5)20(26)24(34)30-12-16-13(2)7-8-14(3)18(16)19(30)23(33)29-17(21(27)31)11-15-9-10-28-22(15)32/h1,7-8,13-20H,9-12,26H2,2-5H3,(H2,27,31)(H,28,32)(H,29,33)/t13-,14+,15-,16+,17-,18-,19-,20+/m0/s1. The topological polar surface area (TPSA) is 148 Å². The third kappa shape index (κ3) is 4.83. The van der Waals surface area contributed by atoms with E-state index in [1.54, 1.807) is 13.8 Å². The van der Waals surface area contributed by atoms with Crippen LogP contribution in [0, 0.1) is 47.3 Å². The maximum atomic E-state index is 13.7. The Morgan fingerprint density at radius 1 is 1.29 bits per heavy atom. The van der Waals surface area contributed by atoms with E-state index in [4.69, 9.17) is 17.9 Å². The minimum Gasteiger partial charge on any atom is -0.368 e. The number of nitrogens with one attached hydrogen (secondary N) is 2. The minimum absolute atomic E-state index is 0.0410. The molecule has 9 nitrogen and oxygen atoms in total. The van der Waals surface area contributed by atoms with Gasteiger partial charge in [0.2, 0.25) is 23.6 Å². The van der Waals surface area contributed by atoms with Gasteiger partial charge in [-0.25, -0.2) is 0 Å². The second kappa shape index (κ2) is 9.79. The van der Waals surface area contributed by atoms with Crippen molar-refractivity contribution in [2.45, 2.75) is 58.7 Å². The number of fused-ring (bicyclic) bond motifs is 1. The molecule has 4 amide bonds. The van der Waals surface area contributed by atoms with Gasteiger partial charge in [-0.15, -0.1) is 6.42 Å². The number of terminal acetylenes is 1. The van der Waals surface area contributed by atoms with Gasteiger partial charge in [0.05, 0.1) is 0 Å². The van der Waals surface area contributed by atoms with Crippen molar-refractivity contribution in [2.24, 2.45) is 46.5 Å². The fraction of sp³-hybridized carbons (Fsp3) is 0.680. The van der Waals surface area contributed by atoms with E-state index in [1.807, 2.05) is 6.92 Å². The number of carbonyl (C=O) groups excluding carboxylic acids is 4. The number of nitrogens with two attached hydrogens (primary N) is 2. The van der Waals surface area contributed by atoms with Crippen LogP contribution in [-0.2, 0) is 19.2 Å². The number of carbonyl (C=O) groups is 4. The molecule has 9 heteroatoms. The normalized spacial score (nSPS) is 32.4. The van der Waals surface area contributed by atoms with Crippen molar-refractivity contribution in [1.82, 2.24) is 15.5 Å². The second-order valence-corrected chi connectivity index (χ2v) is 10.6. The molecule has 0 aromatic rings. The number of primary amides is 1. The molecule has 2 fully saturated rings. The highest BCUT2D eigenvalue weighted by Crippen LogP contribution is 2.44. The van der Waals surface area contributed by atoms with Gasteiger partial charge in [0, 0.05) is 24.4 Å². The zero-order chi connectivity index (χ0) is 25.4. The molecular weight excluding hydrogens is 434 g/mol. The van der Waals surface area contributed by atoms with Crippen LogP contribution in [0.15, 0.2) is 12.2 Å². The number of hydrogen-bond donors (Lipinski definition) is 4. The van der Waals surface area contributed by atoms with Crippen molar-refractivity contribution in [2.75, 3.05) is 13.1 Å². The third-order valence-electron chi connectivity index (χ3n) is 7.91. The lowest BCUT2D eigenvalue weighted by Gasteiger charge is -2.36. The first-order chi connectivity index (χ1) is 15.9. The Morgan fingerprint density at radius 3 is 2.50 bits per heavy atom. The molecule has 2 aliphatic heterocycles. The molecule has 0 saturated carbocycles. The van der Waals surface area contributed by atoms with Crippen LogP contribution in [0.5, 0.6) is 0 Å². The van der Waals surface area contributed by atoms with Gasteiger partial charge in [0.25, 0.3) is 0 Å². The highest BCUT2D eigenvalue weighted by atomic mass is 16.2. The summed E-state index contributed by atoms with van der Waals surface area (Å²) in [6.45, 7) is 8.43. The van der Waals surface area contributed by atoms with E-state index >= 15 is 0 Å². The van der Waals surface area contributed by atoms with Crippen LogP contribution in [0.2, 0.25) is 0 Å². The number of likely N-dealkylation sites (tertiary alicyclic amines) is 1. The van der Waals surface area contributed by atoms with Crippen molar-refractivity contribution in [3.8, 4) is 12.3 Å². The summed E-state index contributed by atoms with van der Waals surface area (Å²) < 4.78 is 0. The molecule has 1 aliphatic carbocycles. The first-order valence-electron chi connectivity index (χ1n) is 12.0. The SMILES string of the molecule is C#CC(C)(C)[C@H](N)C(=O)N1C[C@H]2[C@H]([C@H](C)C=C[C@@H]2C)[C@H]1C(=O)N[C@@H](C[C@@H]1CCNC1=O)C(N)=O. The molecule has 3 rings (SSSR count). The number of hydrogen-bond acceptors (Lipinski definition) is 5. The van der Waals surface area contributed by atoms with Crippen molar-refractivity contribution in [3.63, 3.8) is 0 Å². The molecule has 34 heavy (non-hydrogen) atoms. The summed E-state index contributed by atoms with van der Waals surface area (Å²) in [5, 5.41) is 5.49. The molecular formula is C25H37N5O4. The minimum atomic E-state index is -1.01. The van der Waals surface area contributed by atoms with Crippen LogP contribution in [0.4, 0.5) is 0 Å². The average molecular weight is 472 g/mol. The van der Waals surface area contributed by atoms with E-state index < -0.39 is 41.3 Å². The van der Waals surface area contributed by atoms with Gasteiger partial charge < -0.3 is 27.0 Å². The lowest BCUT2D eigenvalue weighted by molar-refractivity contribution is -0.142. The number of amides is 4. The Balaban J connectivity index is 1.89. The fourth-order valence-corrected chi connectivity index (χ4v) is 5.50. The zero-order valence-electron chi connectivity index (χ0n) is 20.4. The van der Waals surface area contributed by atoms with Gasteiger partial charge in [-0.3, -0.25) is 19.2 Å². The van der Waals surface area contributed by atoms with E-state index in [0.29, 0.717) is 19.5 Å². The summed E-state index contributed by atoms with van der Waals surface area (Å²) >= 11 is 0. The highest BCUT2D eigenvalue weighted by Gasteiger charge is 2.53. The molecule has 3 aliphatic rings. The summed E-state index contributed by atoms with van der Waals surface area (Å²) in [7, 11) is 0. The maximum absolute atomic E-state index is 13.7. The first kappa shape index (κ1) is 25.8. The molecule has 0 aromatic heterocycles. The molecule has 6 N–H and O–H groups in total. The molecule has 186 valence electrons. The van der Waals surface area contributed by atoms with Crippen LogP contribution in [0.1, 0.15) is 40.5 Å². The molecule has 0 spiro atoms. The van der Waals surface area contributed by atoms with Gasteiger partial charge >= 0.3 is 0 Å². The average Bonchev–Trinajstić information content (AvgIpc) is 3.39. The predicted molar refractivity (Wildman–Crippen MR) is 127 cm³/mol. The van der Waals surface area contributed by atoms with E-state index in [2.05, 4.69) is 35.6 Å². The quantitative estimate of drug-likeness (QED) is 0.299. The lowest BCUT2D eigenvalue weighted by atomic mass is 9.71. The summed E-state index contributed by atoms with van der Waals surface area (Å²) in [6, 6.07) is -2.82. The van der Waals surface area contributed by atoms with E-state index in [9.17, 15) is 19.2 Å². The van der Waals surface area contributed by atoms with E-state index in [1.165, 1.54) is 4.90 Å². The monoisotopic (exact) mass is 471 g/mol. The van der Waals surface area contributed by atoms with Gasteiger partial charge in [-0.1, -0.05) is 31.9 Å². The van der Waals surface area contributed by atoms with Crippen molar-refractivity contribution in [1.29, 1.82) is 0 Å². The Hall–Kier alpha value is -2.86. The molecule has 8 atom stereocenters. The van der Waals surface area contributed by atoms with Crippen molar-refractivity contribution >= 4 is 23.6 Å². The Morgan fingerprint density at radius 2 is 1.94 bits per heavy atom. The Kier molecular flexibility index (Phi) is 7.41. The fourth-order valence-electron chi connectivity index (χ4n) is 5.50. The van der Waals surface area contributed by atoms with Gasteiger partial charge in [-0.05, 0) is 50.4 Å². The molecule has 2 saturated heterocycles. The predicted octanol–water partition coefficient (Wildman–Crippen LogP) is -0.245. The van der Waals surface area contributed by atoms with E-state index in [-0.39, 0.29) is 41.9 Å². The maximum Gasteiger partial charge on any atom is 0.243 e. The first-order valence-corrected chi connectivity index (χ1v) is 12.0. The molecule has 0 aromatic carbocycles. The number of allylic oxidation sites excluding steroid dienone is 2. The van der Waals surface area contributed by atoms with Crippen molar-refractivity contribution < 1.29 is 19.2 Å². The van der Waals surface area contributed by atoms with Crippen LogP contribution >= 0.6 is 0 Å². The van der Waals surface area contributed by atoms with Crippen LogP contribution in [0.25, 0.3) is 0 Å². The van der Waals surface area contributed by atoms with Gasteiger partial charge in [0.1, 0.15) is 18.1 Å². The Labute approximate surface area is 201 Å². The number of rotatable bonds is 7. The highest BCUT2D eigenvalue weighted by molar-refractivity contribution is 5.94. The summed E-state index contributed by atoms with van der Waals surface area (Å²) in [5.74, 6) is 0.602. The summed E-state index contributed by atoms with van der Waals surface area (Å²) in [6.07, 6.45) is 10.5. The van der Waals surface area contributed by atoms with Gasteiger partial charge in [0.15, 0.2) is 0 Å². The van der Waals surface area contributed by atoms with E-state index in [0.717, 1.165) is 0 Å². The number of nitrogens with zero attached hydrogens (tertiary/aromatic N) is 1. The summed E-state index contributed by atoms with van der Waals surface area (Å²) in [4.78, 5) is 52.9. The smallest absolute Gasteiger partial charge is 0.243 e. The van der Waals surface area contributed by atoms with Crippen LogP contribution < -0.4 is 22.1 Å². The summed E-state index contributed by atoms with van der Waals surface area (Å²) in [5.41, 5.74) is 11.0. The van der Waals surface area contributed by atoms with Crippen LogP contribution in [-0.4, -0.2) is 59.7 Å². The molecule has 2 heterocycles. The largest absolute Gasteiger partial charge is 0.368 e. The molecule has 0 unspecified atom stereocenters. The second-order valence-electron chi connectivity index (χ2n) is 10.6.